The summed E-state index contributed by atoms with van der Waals surface area (Å²) in [6.07, 6.45) is 3.44. The number of hydrogen-bond donors (Lipinski definition) is 0. The molecule has 0 aliphatic carbocycles. The zero-order valence-corrected chi connectivity index (χ0v) is 8.86. The molecule has 0 unspecified atom stereocenters. The zero-order valence-electron chi connectivity index (χ0n) is 8.04. The molecule has 72 valence electrons. The summed E-state index contributed by atoms with van der Waals surface area (Å²) >= 11 is 1.22. The van der Waals surface area contributed by atoms with Crippen LogP contribution in [0.2, 0.25) is 0 Å². The van der Waals surface area contributed by atoms with E-state index in [4.69, 9.17) is 0 Å². The zero-order chi connectivity index (χ0) is 9.68. The summed E-state index contributed by atoms with van der Waals surface area (Å²) in [4.78, 5) is 12.3. The van der Waals surface area contributed by atoms with Gasteiger partial charge in [0.1, 0.15) is 4.88 Å². The van der Waals surface area contributed by atoms with Gasteiger partial charge in [0.15, 0.2) is 5.78 Å². The van der Waals surface area contributed by atoms with Gasteiger partial charge in [0.2, 0.25) is 0 Å². The Labute approximate surface area is 82.3 Å². The fourth-order valence-corrected chi connectivity index (χ4v) is 1.82. The predicted octanol–water partition coefficient (Wildman–Crippen LogP) is 2.47. The lowest BCUT2D eigenvalue weighted by Gasteiger charge is -1.96. The van der Waals surface area contributed by atoms with E-state index in [2.05, 4.69) is 16.5 Å². The fraction of sp³-hybridized carbons (Fsp3) is 0.667. The lowest BCUT2D eigenvalue weighted by Crippen LogP contribution is -1.99. The molecule has 13 heavy (non-hydrogen) atoms. The maximum atomic E-state index is 11.6. The van der Waals surface area contributed by atoms with Crippen molar-refractivity contribution in [3.8, 4) is 0 Å². The molecule has 0 saturated heterocycles. The lowest BCUT2D eigenvalue weighted by atomic mass is 10.1. The van der Waals surface area contributed by atoms with E-state index in [0.29, 0.717) is 6.42 Å². The van der Waals surface area contributed by atoms with Crippen LogP contribution in [0.15, 0.2) is 0 Å². The van der Waals surface area contributed by atoms with Crippen molar-refractivity contribution in [2.24, 2.45) is 0 Å². The number of rotatable bonds is 5. The van der Waals surface area contributed by atoms with Crippen LogP contribution in [0.5, 0.6) is 0 Å². The second-order valence-electron chi connectivity index (χ2n) is 2.93. The van der Waals surface area contributed by atoms with Gasteiger partial charge in [-0.15, -0.1) is 5.10 Å². The minimum absolute atomic E-state index is 0.203. The molecule has 4 heteroatoms. The highest BCUT2D eigenvalue weighted by molar-refractivity contribution is 7.08. The highest BCUT2D eigenvalue weighted by atomic mass is 32.1. The van der Waals surface area contributed by atoms with Crippen LogP contribution in [-0.4, -0.2) is 15.4 Å². The van der Waals surface area contributed by atoms with Crippen molar-refractivity contribution in [3.63, 3.8) is 0 Å². The fourth-order valence-electron chi connectivity index (χ4n) is 1.10. The number of unbranched alkanes of at least 4 members (excludes halogenated alkanes) is 1. The molecule has 0 aliphatic heterocycles. The van der Waals surface area contributed by atoms with Gasteiger partial charge < -0.3 is 0 Å². The summed E-state index contributed by atoms with van der Waals surface area (Å²) < 4.78 is 3.79. The molecule has 0 amide bonds. The molecule has 0 radical (unpaired) electrons. The Morgan fingerprint density at radius 3 is 2.85 bits per heavy atom. The Morgan fingerprint density at radius 2 is 2.23 bits per heavy atom. The minimum atomic E-state index is 0.203. The first-order valence-corrected chi connectivity index (χ1v) is 5.41. The Kier molecular flexibility index (Phi) is 4.02. The number of carbonyl (C=O) groups excluding carboxylic acids is 1. The third kappa shape index (κ3) is 2.59. The second kappa shape index (κ2) is 5.07. The molecule has 0 aromatic carbocycles. The summed E-state index contributed by atoms with van der Waals surface area (Å²) in [6, 6.07) is 0. The van der Waals surface area contributed by atoms with Crippen molar-refractivity contribution < 1.29 is 4.79 Å². The van der Waals surface area contributed by atoms with Gasteiger partial charge >= 0.3 is 0 Å². The maximum absolute atomic E-state index is 11.6. The molecule has 0 saturated carbocycles. The van der Waals surface area contributed by atoms with Crippen molar-refractivity contribution in [3.05, 3.63) is 10.6 Å². The van der Waals surface area contributed by atoms with Crippen molar-refractivity contribution in [2.75, 3.05) is 0 Å². The minimum Gasteiger partial charge on any atom is -0.293 e. The Bertz CT molecular complexity index is 283. The van der Waals surface area contributed by atoms with Crippen molar-refractivity contribution in [2.45, 2.75) is 39.5 Å². The van der Waals surface area contributed by atoms with Gasteiger partial charge in [-0.2, -0.15) is 0 Å². The monoisotopic (exact) mass is 198 g/mol. The SMILES string of the molecule is CCCCC(=O)c1snnc1CC. The number of aromatic nitrogens is 2. The molecule has 0 aliphatic rings. The number of aryl methyl sites for hydroxylation is 1. The highest BCUT2D eigenvalue weighted by Crippen LogP contribution is 2.14. The molecule has 1 heterocycles. The molecule has 1 aromatic rings. The average Bonchev–Trinajstić information content (AvgIpc) is 2.61. The Morgan fingerprint density at radius 1 is 1.46 bits per heavy atom. The van der Waals surface area contributed by atoms with E-state index in [9.17, 15) is 4.79 Å². The summed E-state index contributed by atoms with van der Waals surface area (Å²) in [5, 5.41) is 3.91. The van der Waals surface area contributed by atoms with Gasteiger partial charge in [0, 0.05) is 6.42 Å². The third-order valence-corrected chi connectivity index (χ3v) is 2.71. The van der Waals surface area contributed by atoms with Crippen LogP contribution in [-0.2, 0) is 6.42 Å². The van der Waals surface area contributed by atoms with Crippen LogP contribution in [0, 0.1) is 0 Å². The average molecular weight is 198 g/mol. The number of nitrogens with zero attached hydrogens (tertiary/aromatic N) is 2. The molecule has 0 fully saturated rings. The second-order valence-corrected chi connectivity index (χ2v) is 3.68. The van der Waals surface area contributed by atoms with E-state index in [1.54, 1.807) is 0 Å². The third-order valence-electron chi connectivity index (χ3n) is 1.90. The quantitative estimate of drug-likeness (QED) is 0.683. The molecule has 1 rings (SSSR count). The van der Waals surface area contributed by atoms with Crippen LogP contribution < -0.4 is 0 Å². The smallest absolute Gasteiger partial charge is 0.176 e. The van der Waals surface area contributed by atoms with Crippen LogP contribution >= 0.6 is 11.5 Å². The van der Waals surface area contributed by atoms with E-state index in [-0.39, 0.29) is 5.78 Å². The molecule has 1 aromatic heterocycles. The van der Waals surface area contributed by atoms with Crippen LogP contribution in [0.1, 0.15) is 48.5 Å². The molecule has 0 atom stereocenters. The van der Waals surface area contributed by atoms with Crippen LogP contribution in [0.25, 0.3) is 0 Å². The van der Waals surface area contributed by atoms with Crippen molar-refractivity contribution in [1.29, 1.82) is 0 Å². The summed E-state index contributed by atoms with van der Waals surface area (Å²) in [7, 11) is 0. The Balaban J connectivity index is 2.65. The summed E-state index contributed by atoms with van der Waals surface area (Å²) in [5.74, 6) is 0.203. The first-order valence-electron chi connectivity index (χ1n) is 4.64. The van der Waals surface area contributed by atoms with E-state index < -0.39 is 0 Å². The largest absolute Gasteiger partial charge is 0.293 e. The number of carbonyl (C=O) groups is 1. The summed E-state index contributed by atoms with van der Waals surface area (Å²) in [6.45, 7) is 4.08. The number of ketones is 1. The van der Waals surface area contributed by atoms with E-state index >= 15 is 0 Å². The van der Waals surface area contributed by atoms with Gasteiger partial charge in [-0.3, -0.25) is 4.79 Å². The topological polar surface area (TPSA) is 42.9 Å². The van der Waals surface area contributed by atoms with E-state index in [1.807, 2.05) is 6.92 Å². The molecular weight excluding hydrogens is 184 g/mol. The molecule has 0 spiro atoms. The maximum Gasteiger partial charge on any atom is 0.176 e. The highest BCUT2D eigenvalue weighted by Gasteiger charge is 2.13. The number of Topliss-reactive ketones (excluding diaryl/α,β-unsaturated/α-hetero) is 1. The Hall–Kier alpha value is -0.770. The molecule has 0 N–H and O–H groups in total. The molecular formula is C9H14N2OS. The van der Waals surface area contributed by atoms with Gasteiger partial charge in [0.05, 0.1) is 5.69 Å². The standard InChI is InChI=1S/C9H14N2OS/c1-3-5-6-8(12)9-7(4-2)10-11-13-9/h3-6H2,1-2H3. The van der Waals surface area contributed by atoms with Gasteiger partial charge in [-0.05, 0) is 24.4 Å². The lowest BCUT2D eigenvalue weighted by molar-refractivity contribution is 0.0982. The van der Waals surface area contributed by atoms with E-state index in [0.717, 1.165) is 29.8 Å². The van der Waals surface area contributed by atoms with Crippen molar-refractivity contribution >= 4 is 17.3 Å². The number of hydrogen-bond acceptors (Lipinski definition) is 4. The predicted molar refractivity (Wildman–Crippen MR) is 53.1 cm³/mol. The van der Waals surface area contributed by atoms with Gasteiger partial charge in [-0.25, -0.2) is 0 Å². The first-order chi connectivity index (χ1) is 6.29. The normalized spacial score (nSPS) is 10.3. The summed E-state index contributed by atoms with van der Waals surface area (Å²) in [5.41, 5.74) is 0.853. The van der Waals surface area contributed by atoms with Gasteiger partial charge in [-0.1, -0.05) is 24.8 Å². The van der Waals surface area contributed by atoms with E-state index in [1.165, 1.54) is 11.5 Å². The van der Waals surface area contributed by atoms with Crippen LogP contribution in [0.3, 0.4) is 0 Å². The molecule has 0 bridgehead atoms. The van der Waals surface area contributed by atoms with Crippen molar-refractivity contribution in [1.82, 2.24) is 9.59 Å². The van der Waals surface area contributed by atoms with Gasteiger partial charge in [0.25, 0.3) is 0 Å². The van der Waals surface area contributed by atoms with Crippen LogP contribution in [0.4, 0.5) is 0 Å². The molecule has 3 nitrogen and oxygen atoms in total. The first kappa shape index (κ1) is 10.3.